The number of amides is 1. The van der Waals surface area contributed by atoms with Crippen LogP contribution < -0.4 is 10.6 Å². The highest BCUT2D eigenvalue weighted by Gasteiger charge is 2.50. The Hall–Kier alpha value is -1.34. The second-order valence-corrected chi connectivity index (χ2v) is 5.13. The maximum absolute atomic E-state index is 13.7. The highest BCUT2D eigenvalue weighted by atomic mass is 35.5. The van der Waals surface area contributed by atoms with Gasteiger partial charge in [0.1, 0.15) is 6.04 Å². The van der Waals surface area contributed by atoms with Crippen LogP contribution in [-0.2, 0) is 11.2 Å². The van der Waals surface area contributed by atoms with Crippen molar-refractivity contribution < 1.29 is 22.4 Å². The summed E-state index contributed by atoms with van der Waals surface area (Å²) in [5, 5.41) is 4.77. The normalized spacial score (nSPS) is 16.0. The Morgan fingerprint density at radius 2 is 2.10 bits per heavy atom. The molecule has 1 aliphatic rings. The topological polar surface area (TPSA) is 41.1 Å². The molecule has 116 valence electrons. The van der Waals surface area contributed by atoms with Crippen LogP contribution >= 0.6 is 11.6 Å². The summed E-state index contributed by atoms with van der Waals surface area (Å²) >= 11 is 5.93. The van der Waals surface area contributed by atoms with E-state index < -0.39 is 18.4 Å². The predicted octanol–water partition coefficient (Wildman–Crippen LogP) is 3.39. The largest absolute Gasteiger partial charge is 0.326 e. The predicted molar refractivity (Wildman–Crippen MR) is 71.2 cm³/mol. The molecule has 8 heteroatoms. The average Bonchev–Trinajstić information content (AvgIpc) is 2.74. The van der Waals surface area contributed by atoms with Crippen molar-refractivity contribution >= 4 is 23.2 Å². The van der Waals surface area contributed by atoms with Crippen molar-refractivity contribution in [1.82, 2.24) is 5.32 Å². The summed E-state index contributed by atoms with van der Waals surface area (Å²) < 4.78 is 52.8. The van der Waals surface area contributed by atoms with E-state index in [4.69, 9.17) is 11.6 Å². The van der Waals surface area contributed by atoms with E-state index >= 15 is 0 Å². The number of carbonyl (C=O) groups excluding carboxylic acids is 1. The second-order valence-electron chi connectivity index (χ2n) is 4.72. The van der Waals surface area contributed by atoms with E-state index in [1.54, 1.807) is 0 Å². The van der Waals surface area contributed by atoms with Gasteiger partial charge in [-0.05, 0) is 29.8 Å². The van der Waals surface area contributed by atoms with Gasteiger partial charge < -0.3 is 10.6 Å². The first kappa shape index (κ1) is 16.0. The first-order valence-corrected chi connectivity index (χ1v) is 6.66. The average molecular weight is 325 g/mol. The van der Waals surface area contributed by atoms with E-state index in [-0.39, 0.29) is 29.5 Å². The number of alkyl halides is 4. The molecule has 1 aromatic carbocycles. The maximum atomic E-state index is 13.7. The Labute approximate surface area is 123 Å². The molecular formula is C13H13ClF4N2O. The summed E-state index contributed by atoms with van der Waals surface area (Å²) in [5.41, 5.74) is 0.746. The smallest absolute Gasteiger partial charge is 0.325 e. The summed E-state index contributed by atoms with van der Waals surface area (Å²) in [6, 6.07) is 0.665. The molecule has 1 aromatic rings. The molecule has 21 heavy (non-hydrogen) atoms. The number of rotatable bonds is 5. The summed E-state index contributed by atoms with van der Waals surface area (Å²) in [6.45, 7) is 1.60. The fraction of sp³-hybridized carbons (Fsp3) is 0.462. The monoisotopic (exact) mass is 324 g/mol. The number of anilines is 1. The van der Waals surface area contributed by atoms with Crippen LogP contribution in [0.25, 0.3) is 0 Å². The van der Waals surface area contributed by atoms with Crippen molar-refractivity contribution in [2.75, 3.05) is 11.9 Å². The summed E-state index contributed by atoms with van der Waals surface area (Å²) in [7, 11) is 0. The molecule has 0 fully saturated rings. The first-order valence-electron chi connectivity index (χ1n) is 6.28. The SMILES string of the molecule is CCNC(c1cc2c(cc1Cl)NC(=O)C2)C(F)(F)C(F)F. The Balaban J connectivity index is 2.47. The fourth-order valence-electron chi connectivity index (χ4n) is 2.27. The van der Waals surface area contributed by atoms with Gasteiger partial charge in [0.05, 0.1) is 6.42 Å². The fourth-order valence-corrected chi connectivity index (χ4v) is 2.54. The van der Waals surface area contributed by atoms with Crippen LogP contribution in [0.15, 0.2) is 12.1 Å². The van der Waals surface area contributed by atoms with Crippen LogP contribution in [0.1, 0.15) is 24.1 Å². The van der Waals surface area contributed by atoms with E-state index in [2.05, 4.69) is 10.6 Å². The maximum Gasteiger partial charge on any atom is 0.326 e. The third-order valence-electron chi connectivity index (χ3n) is 3.24. The molecule has 0 spiro atoms. The van der Waals surface area contributed by atoms with Gasteiger partial charge in [0, 0.05) is 10.7 Å². The number of fused-ring (bicyclic) bond motifs is 1. The number of halogens is 5. The summed E-state index contributed by atoms with van der Waals surface area (Å²) in [4.78, 5) is 11.3. The number of benzene rings is 1. The Bertz CT molecular complexity index is 565. The van der Waals surface area contributed by atoms with Gasteiger partial charge in [0.25, 0.3) is 0 Å². The zero-order valence-corrected chi connectivity index (χ0v) is 11.8. The second kappa shape index (κ2) is 5.81. The van der Waals surface area contributed by atoms with Gasteiger partial charge in [-0.1, -0.05) is 18.5 Å². The lowest BCUT2D eigenvalue weighted by Gasteiger charge is -2.28. The quantitative estimate of drug-likeness (QED) is 0.815. The van der Waals surface area contributed by atoms with Gasteiger partial charge in [-0.2, -0.15) is 8.78 Å². The summed E-state index contributed by atoms with van der Waals surface area (Å²) in [5.74, 6) is -4.57. The van der Waals surface area contributed by atoms with Gasteiger partial charge in [-0.15, -0.1) is 0 Å². The molecule has 1 heterocycles. The van der Waals surface area contributed by atoms with E-state index in [0.717, 1.165) is 0 Å². The number of hydrogen-bond donors (Lipinski definition) is 2. The lowest BCUT2D eigenvalue weighted by Crippen LogP contribution is -2.42. The van der Waals surface area contributed by atoms with Crippen molar-refractivity contribution in [3.8, 4) is 0 Å². The van der Waals surface area contributed by atoms with Gasteiger partial charge >= 0.3 is 12.3 Å². The summed E-state index contributed by atoms with van der Waals surface area (Å²) in [6.07, 6.45) is -3.82. The van der Waals surface area contributed by atoms with Crippen molar-refractivity contribution in [2.24, 2.45) is 0 Å². The molecule has 2 rings (SSSR count). The molecule has 0 bridgehead atoms. The number of nitrogens with one attached hydrogen (secondary N) is 2. The first-order chi connectivity index (χ1) is 9.77. The lowest BCUT2D eigenvalue weighted by atomic mass is 9.97. The van der Waals surface area contributed by atoms with Crippen LogP contribution in [-0.4, -0.2) is 24.8 Å². The van der Waals surface area contributed by atoms with Crippen LogP contribution in [0.3, 0.4) is 0 Å². The molecular weight excluding hydrogens is 312 g/mol. The standard InChI is InChI=1S/C13H13ClF4N2O/c1-2-19-11(13(17,18)12(15)16)7-3-6-4-10(21)20-9(6)5-8(7)14/h3,5,11-12,19H,2,4H2,1H3,(H,20,21). The van der Waals surface area contributed by atoms with Gasteiger partial charge in [0.15, 0.2) is 0 Å². The molecule has 0 radical (unpaired) electrons. The Kier molecular flexibility index (Phi) is 4.43. The van der Waals surface area contributed by atoms with Gasteiger partial charge in [-0.3, -0.25) is 4.79 Å². The highest BCUT2D eigenvalue weighted by molar-refractivity contribution is 6.32. The molecule has 0 aromatic heterocycles. The van der Waals surface area contributed by atoms with E-state index in [0.29, 0.717) is 11.3 Å². The molecule has 0 saturated carbocycles. The van der Waals surface area contributed by atoms with Crippen LogP contribution in [0.5, 0.6) is 0 Å². The van der Waals surface area contributed by atoms with Crippen LogP contribution in [0.4, 0.5) is 23.2 Å². The molecule has 1 amide bonds. The van der Waals surface area contributed by atoms with Crippen molar-refractivity contribution in [3.05, 3.63) is 28.3 Å². The number of hydrogen-bond acceptors (Lipinski definition) is 2. The minimum absolute atomic E-state index is 0.0125. The van der Waals surface area contributed by atoms with Crippen LogP contribution in [0.2, 0.25) is 5.02 Å². The van der Waals surface area contributed by atoms with Gasteiger partial charge in [0.2, 0.25) is 5.91 Å². The number of carbonyl (C=O) groups is 1. The highest BCUT2D eigenvalue weighted by Crippen LogP contribution is 2.41. The molecule has 1 atom stereocenters. The van der Waals surface area contributed by atoms with Crippen molar-refractivity contribution in [1.29, 1.82) is 0 Å². The van der Waals surface area contributed by atoms with E-state index in [1.165, 1.54) is 19.1 Å². The Morgan fingerprint density at radius 1 is 1.43 bits per heavy atom. The molecule has 1 unspecified atom stereocenters. The molecule has 3 nitrogen and oxygen atoms in total. The van der Waals surface area contributed by atoms with E-state index in [9.17, 15) is 22.4 Å². The minimum Gasteiger partial charge on any atom is -0.325 e. The van der Waals surface area contributed by atoms with Gasteiger partial charge in [-0.25, -0.2) is 8.78 Å². The third-order valence-corrected chi connectivity index (χ3v) is 3.57. The zero-order chi connectivity index (χ0) is 15.8. The lowest BCUT2D eigenvalue weighted by molar-refractivity contribution is -0.151. The zero-order valence-electron chi connectivity index (χ0n) is 11.0. The minimum atomic E-state index is -4.27. The molecule has 0 aliphatic carbocycles. The third kappa shape index (κ3) is 2.98. The van der Waals surface area contributed by atoms with Crippen molar-refractivity contribution in [3.63, 3.8) is 0 Å². The van der Waals surface area contributed by atoms with E-state index in [1.807, 2.05) is 0 Å². The molecule has 1 aliphatic heterocycles. The van der Waals surface area contributed by atoms with Crippen LogP contribution in [0, 0.1) is 0 Å². The Morgan fingerprint density at radius 3 is 2.67 bits per heavy atom. The molecule has 0 saturated heterocycles. The van der Waals surface area contributed by atoms with Crippen molar-refractivity contribution in [2.45, 2.75) is 31.7 Å². The molecule has 2 N–H and O–H groups in total.